The van der Waals surface area contributed by atoms with Crippen LogP contribution in [0.15, 0.2) is 34.3 Å². The van der Waals surface area contributed by atoms with E-state index in [0.29, 0.717) is 17.3 Å². The zero-order valence-electron chi connectivity index (χ0n) is 10.3. The number of carbonyl (C=O) groups is 1. The second-order valence-corrected chi connectivity index (χ2v) is 5.34. The van der Waals surface area contributed by atoms with Crippen LogP contribution in [0.2, 0.25) is 0 Å². The molecule has 2 aromatic rings. The maximum atomic E-state index is 11.4. The Labute approximate surface area is 114 Å². The monoisotopic (exact) mass is 272 g/mol. The van der Waals surface area contributed by atoms with Crippen molar-refractivity contribution in [3.05, 3.63) is 35.7 Å². The maximum Gasteiger partial charge on any atom is 0.228 e. The number of benzene rings is 1. The first-order chi connectivity index (χ1) is 9.13. The Balaban J connectivity index is 1.97. The van der Waals surface area contributed by atoms with Crippen LogP contribution < -0.4 is 11.1 Å². The van der Waals surface area contributed by atoms with Gasteiger partial charge in [-0.1, -0.05) is 17.8 Å². The molecule has 0 radical (unpaired) electrons. The maximum absolute atomic E-state index is 11.4. The average Bonchev–Trinajstić information content (AvgIpc) is 2.74. The molecule has 0 atom stereocenters. The van der Waals surface area contributed by atoms with Crippen molar-refractivity contribution in [2.24, 2.45) is 0 Å². The van der Waals surface area contributed by atoms with Crippen molar-refractivity contribution in [3.63, 3.8) is 0 Å². The van der Waals surface area contributed by atoms with E-state index in [1.807, 2.05) is 25.1 Å². The third-order valence-corrected chi connectivity index (χ3v) is 3.95. The van der Waals surface area contributed by atoms with Crippen LogP contribution in [0.5, 0.6) is 0 Å². The standard InChI is InChI=1S/C13H12N4OS/c1-7-6-15-13(12(14)16-7)19-10-4-2-3-9-8(10)5-11(18)17-9/h2-4,6H,5H2,1H3,(H2,14,16)(H,17,18). The number of carbonyl (C=O) groups excluding carboxylic acids is 1. The van der Waals surface area contributed by atoms with Crippen molar-refractivity contribution in [1.82, 2.24) is 9.97 Å². The van der Waals surface area contributed by atoms with Gasteiger partial charge in [-0.2, -0.15) is 0 Å². The molecule has 0 unspecified atom stereocenters. The van der Waals surface area contributed by atoms with E-state index in [1.54, 1.807) is 6.20 Å². The summed E-state index contributed by atoms with van der Waals surface area (Å²) in [5.74, 6) is 0.436. The van der Waals surface area contributed by atoms with Crippen molar-refractivity contribution in [2.45, 2.75) is 23.3 Å². The number of nitrogens with two attached hydrogens (primary N) is 1. The van der Waals surface area contributed by atoms with Gasteiger partial charge in [0.05, 0.1) is 12.1 Å². The van der Waals surface area contributed by atoms with E-state index in [-0.39, 0.29) is 5.91 Å². The molecule has 96 valence electrons. The molecule has 0 saturated heterocycles. The third kappa shape index (κ3) is 2.26. The van der Waals surface area contributed by atoms with Gasteiger partial charge in [0.2, 0.25) is 5.91 Å². The van der Waals surface area contributed by atoms with E-state index in [4.69, 9.17) is 5.73 Å². The van der Waals surface area contributed by atoms with Gasteiger partial charge in [0, 0.05) is 16.8 Å². The van der Waals surface area contributed by atoms with E-state index in [9.17, 15) is 4.79 Å². The molecule has 6 heteroatoms. The van der Waals surface area contributed by atoms with Crippen LogP contribution in [-0.2, 0) is 11.2 Å². The third-order valence-electron chi connectivity index (χ3n) is 2.84. The quantitative estimate of drug-likeness (QED) is 0.874. The van der Waals surface area contributed by atoms with Gasteiger partial charge >= 0.3 is 0 Å². The molecule has 3 rings (SSSR count). The zero-order valence-corrected chi connectivity index (χ0v) is 11.1. The molecule has 1 aliphatic heterocycles. The first-order valence-corrected chi connectivity index (χ1v) is 6.64. The molecule has 1 aromatic heterocycles. The largest absolute Gasteiger partial charge is 0.381 e. The van der Waals surface area contributed by atoms with Crippen LogP contribution in [-0.4, -0.2) is 15.9 Å². The van der Waals surface area contributed by atoms with E-state index in [1.165, 1.54) is 11.8 Å². The summed E-state index contributed by atoms with van der Waals surface area (Å²) in [6, 6.07) is 5.77. The number of aryl methyl sites for hydroxylation is 1. The number of hydrogen-bond donors (Lipinski definition) is 2. The molecule has 0 aliphatic carbocycles. The van der Waals surface area contributed by atoms with E-state index in [2.05, 4.69) is 15.3 Å². The molecule has 0 saturated carbocycles. The lowest BCUT2D eigenvalue weighted by molar-refractivity contribution is -0.115. The fraction of sp³-hybridized carbons (Fsp3) is 0.154. The lowest BCUT2D eigenvalue weighted by Crippen LogP contribution is -2.03. The van der Waals surface area contributed by atoms with Crippen LogP contribution >= 0.6 is 11.8 Å². The van der Waals surface area contributed by atoms with E-state index >= 15 is 0 Å². The molecular weight excluding hydrogens is 260 g/mol. The second-order valence-electron chi connectivity index (χ2n) is 4.31. The van der Waals surface area contributed by atoms with Crippen LogP contribution in [0.1, 0.15) is 11.3 Å². The van der Waals surface area contributed by atoms with Crippen molar-refractivity contribution in [3.8, 4) is 0 Å². The molecular formula is C13H12N4OS. The number of aromatic nitrogens is 2. The van der Waals surface area contributed by atoms with Crippen LogP contribution in [0.4, 0.5) is 11.5 Å². The van der Waals surface area contributed by atoms with Gasteiger partial charge in [-0.05, 0) is 24.6 Å². The number of nitrogen functional groups attached to an aromatic ring is 1. The second kappa shape index (κ2) is 4.55. The highest BCUT2D eigenvalue weighted by Gasteiger charge is 2.21. The van der Waals surface area contributed by atoms with Gasteiger partial charge in [0.1, 0.15) is 5.03 Å². The van der Waals surface area contributed by atoms with Gasteiger partial charge in [-0.3, -0.25) is 4.79 Å². The van der Waals surface area contributed by atoms with E-state index in [0.717, 1.165) is 21.8 Å². The number of nitrogens with one attached hydrogen (secondary N) is 1. The van der Waals surface area contributed by atoms with Gasteiger partial charge < -0.3 is 11.1 Å². The predicted octanol–water partition coefficient (Wildman–Crippen LogP) is 2.01. The molecule has 19 heavy (non-hydrogen) atoms. The Morgan fingerprint density at radius 2 is 2.26 bits per heavy atom. The van der Waals surface area contributed by atoms with Gasteiger partial charge in [-0.25, -0.2) is 9.97 Å². The summed E-state index contributed by atoms with van der Waals surface area (Å²) in [7, 11) is 0. The molecule has 3 N–H and O–H groups in total. The van der Waals surface area contributed by atoms with Crippen LogP contribution in [0, 0.1) is 6.92 Å². The van der Waals surface area contributed by atoms with E-state index < -0.39 is 0 Å². The minimum atomic E-state index is 0.0195. The molecule has 0 spiro atoms. The highest BCUT2D eigenvalue weighted by molar-refractivity contribution is 7.99. The predicted molar refractivity (Wildman–Crippen MR) is 74.1 cm³/mol. The first-order valence-electron chi connectivity index (χ1n) is 5.82. The number of hydrogen-bond acceptors (Lipinski definition) is 5. The van der Waals surface area contributed by atoms with Crippen molar-refractivity contribution >= 4 is 29.2 Å². The summed E-state index contributed by atoms with van der Waals surface area (Å²) in [5.41, 5.74) is 8.52. The normalized spacial score (nSPS) is 13.2. The Morgan fingerprint density at radius 3 is 3.05 bits per heavy atom. The number of fused-ring (bicyclic) bond motifs is 1. The number of anilines is 2. The summed E-state index contributed by atoms with van der Waals surface area (Å²) in [4.78, 5) is 20.9. The molecule has 1 aromatic carbocycles. The minimum absolute atomic E-state index is 0.0195. The van der Waals surface area contributed by atoms with Gasteiger partial charge in [0.15, 0.2) is 5.82 Å². The Morgan fingerprint density at radius 1 is 1.42 bits per heavy atom. The molecule has 0 bridgehead atoms. The number of nitrogens with zero attached hydrogens (tertiary/aromatic N) is 2. The molecule has 2 heterocycles. The van der Waals surface area contributed by atoms with Crippen molar-refractivity contribution in [2.75, 3.05) is 11.1 Å². The number of amides is 1. The number of rotatable bonds is 2. The summed E-state index contributed by atoms with van der Waals surface area (Å²) < 4.78 is 0. The summed E-state index contributed by atoms with van der Waals surface area (Å²) in [6.45, 7) is 1.85. The summed E-state index contributed by atoms with van der Waals surface area (Å²) in [5, 5.41) is 3.49. The highest BCUT2D eigenvalue weighted by atomic mass is 32.2. The van der Waals surface area contributed by atoms with Crippen LogP contribution in [0.25, 0.3) is 0 Å². The van der Waals surface area contributed by atoms with Crippen LogP contribution in [0.3, 0.4) is 0 Å². The summed E-state index contributed by atoms with van der Waals surface area (Å²) in [6.07, 6.45) is 2.09. The van der Waals surface area contributed by atoms with Crippen molar-refractivity contribution < 1.29 is 4.79 Å². The molecule has 1 amide bonds. The van der Waals surface area contributed by atoms with Gasteiger partial charge in [0.25, 0.3) is 0 Å². The smallest absolute Gasteiger partial charge is 0.228 e. The topological polar surface area (TPSA) is 80.9 Å². The lowest BCUT2D eigenvalue weighted by atomic mass is 10.2. The molecule has 1 aliphatic rings. The fourth-order valence-electron chi connectivity index (χ4n) is 1.98. The zero-order chi connectivity index (χ0) is 13.4. The van der Waals surface area contributed by atoms with Crippen molar-refractivity contribution in [1.29, 1.82) is 0 Å². The highest BCUT2D eigenvalue weighted by Crippen LogP contribution is 2.37. The Kier molecular flexibility index (Phi) is 2.87. The molecule has 0 fully saturated rings. The van der Waals surface area contributed by atoms with Gasteiger partial charge in [-0.15, -0.1) is 0 Å². The first kappa shape index (κ1) is 12.0. The average molecular weight is 272 g/mol. The Hall–Kier alpha value is -2.08. The fourth-order valence-corrected chi connectivity index (χ4v) is 2.90. The SMILES string of the molecule is Cc1cnc(Sc2cccc3c2CC(=O)N3)c(N)n1. The Bertz CT molecular complexity index is 672. The lowest BCUT2D eigenvalue weighted by Gasteiger charge is -2.07. The summed E-state index contributed by atoms with van der Waals surface area (Å²) >= 11 is 1.44. The minimum Gasteiger partial charge on any atom is -0.381 e. The molecule has 5 nitrogen and oxygen atoms in total.